The van der Waals surface area contributed by atoms with Gasteiger partial charge in [-0.15, -0.1) is 0 Å². The van der Waals surface area contributed by atoms with Crippen molar-refractivity contribution in [2.75, 3.05) is 39.3 Å². The third kappa shape index (κ3) is 6.11. The molecular formula is C17H34N2O. The van der Waals surface area contributed by atoms with Crippen molar-refractivity contribution in [3.05, 3.63) is 0 Å². The van der Waals surface area contributed by atoms with Gasteiger partial charge < -0.3 is 15.0 Å². The molecule has 2 fully saturated rings. The fraction of sp³-hybridized carbons (Fsp3) is 1.00. The van der Waals surface area contributed by atoms with Crippen molar-refractivity contribution in [1.29, 1.82) is 0 Å². The quantitative estimate of drug-likeness (QED) is 0.726. The maximum absolute atomic E-state index is 6.00. The van der Waals surface area contributed by atoms with Crippen molar-refractivity contribution in [3.8, 4) is 0 Å². The van der Waals surface area contributed by atoms with Gasteiger partial charge in [-0.2, -0.15) is 0 Å². The van der Waals surface area contributed by atoms with Gasteiger partial charge in [0.15, 0.2) is 0 Å². The van der Waals surface area contributed by atoms with Crippen molar-refractivity contribution < 1.29 is 4.74 Å². The standard InChI is InChI=1S/C17H34N2O/c1-2-5-16-6-3-12-19(14-9-16)13-4-15-20-17-7-10-18-11-8-17/h16-18H,2-15H2,1H3. The van der Waals surface area contributed by atoms with E-state index in [4.69, 9.17) is 4.74 Å². The van der Waals surface area contributed by atoms with Gasteiger partial charge in [-0.1, -0.05) is 19.8 Å². The lowest BCUT2D eigenvalue weighted by molar-refractivity contribution is 0.0278. The van der Waals surface area contributed by atoms with Crippen LogP contribution in [0.3, 0.4) is 0 Å². The second-order valence-corrected chi connectivity index (χ2v) is 6.60. The largest absolute Gasteiger partial charge is 0.378 e. The van der Waals surface area contributed by atoms with Crippen molar-refractivity contribution in [1.82, 2.24) is 10.2 Å². The van der Waals surface area contributed by atoms with Gasteiger partial charge in [-0.25, -0.2) is 0 Å². The highest BCUT2D eigenvalue weighted by molar-refractivity contribution is 4.71. The molecule has 0 radical (unpaired) electrons. The molecule has 0 spiro atoms. The van der Waals surface area contributed by atoms with E-state index in [9.17, 15) is 0 Å². The number of hydrogen-bond donors (Lipinski definition) is 1. The molecule has 1 atom stereocenters. The normalized spacial score (nSPS) is 26.6. The molecule has 0 aromatic heterocycles. The summed E-state index contributed by atoms with van der Waals surface area (Å²) in [5.74, 6) is 0.996. The maximum Gasteiger partial charge on any atom is 0.0599 e. The molecule has 0 amide bonds. The number of nitrogens with zero attached hydrogens (tertiary/aromatic N) is 1. The van der Waals surface area contributed by atoms with Gasteiger partial charge in [0.2, 0.25) is 0 Å². The topological polar surface area (TPSA) is 24.5 Å². The summed E-state index contributed by atoms with van der Waals surface area (Å²) in [5.41, 5.74) is 0. The van der Waals surface area contributed by atoms with Crippen LogP contribution < -0.4 is 5.32 Å². The van der Waals surface area contributed by atoms with Gasteiger partial charge in [-0.3, -0.25) is 0 Å². The molecule has 3 heteroatoms. The monoisotopic (exact) mass is 282 g/mol. The summed E-state index contributed by atoms with van der Waals surface area (Å²) in [6.07, 6.45) is 11.2. The molecule has 1 N–H and O–H groups in total. The molecule has 118 valence electrons. The average Bonchev–Trinajstić information content (AvgIpc) is 2.71. The molecule has 1 unspecified atom stereocenters. The Morgan fingerprint density at radius 1 is 1.10 bits per heavy atom. The number of likely N-dealkylation sites (tertiary alicyclic amines) is 1. The summed E-state index contributed by atoms with van der Waals surface area (Å²) < 4.78 is 6.00. The van der Waals surface area contributed by atoms with Crippen LogP contribution in [-0.2, 0) is 4.74 Å². The zero-order valence-electron chi connectivity index (χ0n) is 13.4. The van der Waals surface area contributed by atoms with Crippen LogP contribution in [-0.4, -0.2) is 50.3 Å². The van der Waals surface area contributed by atoms with E-state index in [1.54, 1.807) is 0 Å². The molecule has 2 saturated heterocycles. The Morgan fingerprint density at radius 2 is 1.95 bits per heavy atom. The molecule has 2 rings (SSSR count). The fourth-order valence-electron chi connectivity index (χ4n) is 3.65. The first-order valence-electron chi connectivity index (χ1n) is 8.93. The van der Waals surface area contributed by atoms with Crippen molar-refractivity contribution in [2.24, 2.45) is 5.92 Å². The number of hydrogen-bond acceptors (Lipinski definition) is 3. The first kappa shape index (κ1) is 16.3. The Hall–Kier alpha value is -0.120. The van der Waals surface area contributed by atoms with Crippen LogP contribution in [0.15, 0.2) is 0 Å². The first-order valence-corrected chi connectivity index (χ1v) is 8.93. The maximum atomic E-state index is 6.00. The van der Waals surface area contributed by atoms with Gasteiger partial charge in [-0.05, 0) is 70.6 Å². The van der Waals surface area contributed by atoms with E-state index in [-0.39, 0.29) is 0 Å². The highest BCUT2D eigenvalue weighted by Gasteiger charge is 2.16. The molecule has 0 saturated carbocycles. The zero-order chi connectivity index (χ0) is 14.0. The summed E-state index contributed by atoms with van der Waals surface area (Å²) in [4.78, 5) is 2.67. The average molecular weight is 282 g/mol. The second kappa shape index (κ2) is 9.75. The van der Waals surface area contributed by atoms with Gasteiger partial charge in [0.25, 0.3) is 0 Å². The first-order chi connectivity index (χ1) is 9.88. The molecule has 2 aliphatic rings. The summed E-state index contributed by atoms with van der Waals surface area (Å²) in [7, 11) is 0. The third-order valence-electron chi connectivity index (χ3n) is 4.90. The molecule has 20 heavy (non-hydrogen) atoms. The van der Waals surface area contributed by atoms with Crippen LogP contribution in [0.1, 0.15) is 58.3 Å². The minimum atomic E-state index is 0.523. The van der Waals surface area contributed by atoms with E-state index in [1.165, 1.54) is 71.0 Å². The van der Waals surface area contributed by atoms with E-state index < -0.39 is 0 Å². The second-order valence-electron chi connectivity index (χ2n) is 6.60. The van der Waals surface area contributed by atoms with Gasteiger partial charge in [0, 0.05) is 13.2 Å². The molecule has 3 nitrogen and oxygen atoms in total. The van der Waals surface area contributed by atoms with Gasteiger partial charge in [0.1, 0.15) is 0 Å². The van der Waals surface area contributed by atoms with E-state index in [0.29, 0.717) is 6.10 Å². The number of piperidine rings is 1. The molecule has 0 aliphatic carbocycles. The molecule has 0 aromatic carbocycles. The summed E-state index contributed by atoms with van der Waals surface area (Å²) in [6.45, 7) is 9.42. The summed E-state index contributed by atoms with van der Waals surface area (Å²) >= 11 is 0. The smallest absolute Gasteiger partial charge is 0.0599 e. The van der Waals surface area contributed by atoms with Crippen LogP contribution in [0.2, 0.25) is 0 Å². The van der Waals surface area contributed by atoms with Crippen molar-refractivity contribution in [3.63, 3.8) is 0 Å². The lowest BCUT2D eigenvalue weighted by Gasteiger charge is -2.24. The number of ether oxygens (including phenoxy) is 1. The van der Waals surface area contributed by atoms with E-state index >= 15 is 0 Å². The van der Waals surface area contributed by atoms with Gasteiger partial charge >= 0.3 is 0 Å². The molecule has 0 aromatic rings. The van der Waals surface area contributed by atoms with E-state index in [2.05, 4.69) is 17.1 Å². The molecular weight excluding hydrogens is 248 g/mol. The van der Waals surface area contributed by atoms with Crippen LogP contribution in [0.25, 0.3) is 0 Å². The number of nitrogens with one attached hydrogen (secondary N) is 1. The van der Waals surface area contributed by atoms with E-state index in [0.717, 1.165) is 25.6 Å². The Bertz CT molecular complexity index is 241. The molecule has 2 heterocycles. The minimum Gasteiger partial charge on any atom is -0.378 e. The highest BCUT2D eigenvalue weighted by atomic mass is 16.5. The Kier molecular flexibility index (Phi) is 7.92. The summed E-state index contributed by atoms with van der Waals surface area (Å²) in [6, 6.07) is 0. The zero-order valence-corrected chi connectivity index (χ0v) is 13.4. The molecule has 0 bridgehead atoms. The Morgan fingerprint density at radius 3 is 2.75 bits per heavy atom. The Labute approximate surface area is 125 Å². The third-order valence-corrected chi connectivity index (χ3v) is 4.90. The van der Waals surface area contributed by atoms with E-state index in [1.807, 2.05) is 0 Å². The SMILES string of the molecule is CCCC1CCCN(CCCOC2CCNCC2)CC1. The number of rotatable bonds is 7. The van der Waals surface area contributed by atoms with Crippen molar-refractivity contribution in [2.45, 2.75) is 64.4 Å². The van der Waals surface area contributed by atoms with Crippen LogP contribution in [0.4, 0.5) is 0 Å². The van der Waals surface area contributed by atoms with Gasteiger partial charge in [0.05, 0.1) is 6.10 Å². The lowest BCUT2D eigenvalue weighted by atomic mass is 9.96. The molecule has 2 aliphatic heterocycles. The van der Waals surface area contributed by atoms with Crippen molar-refractivity contribution >= 4 is 0 Å². The predicted molar refractivity (Wildman–Crippen MR) is 85.1 cm³/mol. The van der Waals surface area contributed by atoms with Crippen LogP contribution in [0.5, 0.6) is 0 Å². The Balaban J connectivity index is 1.52. The predicted octanol–water partition coefficient (Wildman–Crippen LogP) is 3.05. The highest BCUT2D eigenvalue weighted by Crippen LogP contribution is 2.21. The summed E-state index contributed by atoms with van der Waals surface area (Å²) in [5, 5.41) is 3.39. The fourth-order valence-corrected chi connectivity index (χ4v) is 3.65. The minimum absolute atomic E-state index is 0.523. The lowest BCUT2D eigenvalue weighted by Crippen LogP contribution is -2.33. The van der Waals surface area contributed by atoms with Crippen LogP contribution >= 0.6 is 0 Å². The van der Waals surface area contributed by atoms with Crippen LogP contribution in [0, 0.1) is 5.92 Å².